The van der Waals surface area contributed by atoms with Crippen molar-refractivity contribution in [3.8, 4) is 11.5 Å². The third kappa shape index (κ3) is 4.99. The first-order valence-electron chi connectivity index (χ1n) is 8.84. The van der Waals surface area contributed by atoms with Crippen LogP contribution in [0.2, 0.25) is 10.0 Å². The molecule has 1 aliphatic rings. The quantitative estimate of drug-likeness (QED) is 0.535. The molecule has 0 saturated carbocycles. The van der Waals surface area contributed by atoms with E-state index in [0.29, 0.717) is 32.7 Å². The first kappa shape index (κ1) is 21.0. The average Bonchev–Trinajstić information content (AvgIpc) is 3.16. The molecule has 0 spiro atoms. The first-order valence-corrected chi connectivity index (χ1v) is 9.60. The Morgan fingerprint density at radius 1 is 1.14 bits per heavy atom. The molecule has 9 heteroatoms. The van der Waals surface area contributed by atoms with Gasteiger partial charge in [-0.25, -0.2) is 5.43 Å². The number of carbonyl (C=O) groups excluding carboxylic acids is 2. The average molecular weight is 436 g/mol. The van der Waals surface area contributed by atoms with Crippen molar-refractivity contribution in [2.75, 3.05) is 6.79 Å². The predicted molar refractivity (Wildman–Crippen MR) is 111 cm³/mol. The van der Waals surface area contributed by atoms with Gasteiger partial charge in [0.2, 0.25) is 6.79 Å². The summed E-state index contributed by atoms with van der Waals surface area (Å²) in [7, 11) is 0. The lowest BCUT2D eigenvalue weighted by Crippen LogP contribution is -2.48. The highest BCUT2D eigenvalue weighted by atomic mass is 35.5. The van der Waals surface area contributed by atoms with Crippen molar-refractivity contribution in [3.63, 3.8) is 0 Å². The Kier molecular flexibility index (Phi) is 6.61. The number of benzene rings is 2. The van der Waals surface area contributed by atoms with Crippen LogP contribution < -0.4 is 20.2 Å². The number of hydrogen-bond donors (Lipinski definition) is 2. The fraction of sp³-hybridized carbons (Fsp3) is 0.250. The number of carbonyl (C=O) groups is 2. The summed E-state index contributed by atoms with van der Waals surface area (Å²) in [5.74, 6) is 0.0420. The Bertz CT molecular complexity index is 963. The van der Waals surface area contributed by atoms with Crippen molar-refractivity contribution in [1.82, 2.24) is 10.7 Å². The molecule has 2 N–H and O–H groups in total. The molecule has 0 saturated heterocycles. The van der Waals surface area contributed by atoms with E-state index in [1.165, 1.54) is 6.21 Å². The van der Waals surface area contributed by atoms with Crippen molar-refractivity contribution in [2.24, 2.45) is 11.0 Å². The Balaban J connectivity index is 1.65. The minimum absolute atomic E-state index is 0.117. The Morgan fingerprint density at radius 3 is 2.66 bits per heavy atom. The number of hydrazone groups is 1. The van der Waals surface area contributed by atoms with Gasteiger partial charge in [-0.2, -0.15) is 5.10 Å². The van der Waals surface area contributed by atoms with E-state index in [1.807, 2.05) is 13.8 Å². The van der Waals surface area contributed by atoms with E-state index in [1.54, 1.807) is 36.4 Å². The van der Waals surface area contributed by atoms with Crippen molar-refractivity contribution < 1.29 is 19.1 Å². The molecule has 3 rings (SSSR count). The number of fused-ring (bicyclic) bond motifs is 1. The third-order valence-electron chi connectivity index (χ3n) is 4.23. The zero-order chi connectivity index (χ0) is 21.0. The second-order valence-corrected chi connectivity index (χ2v) is 7.43. The molecule has 1 aliphatic heterocycles. The van der Waals surface area contributed by atoms with Gasteiger partial charge in [0, 0.05) is 11.1 Å². The molecule has 29 heavy (non-hydrogen) atoms. The van der Waals surface area contributed by atoms with Crippen LogP contribution in [0.4, 0.5) is 0 Å². The fourth-order valence-corrected chi connectivity index (χ4v) is 3.01. The van der Waals surface area contributed by atoms with Crippen LogP contribution in [0.15, 0.2) is 41.5 Å². The van der Waals surface area contributed by atoms with E-state index >= 15 is 0 Å². The first-order chi connectivity index (χ1) is 13.9. The largest absolute Gasteiger partial charge is 0.454 e. The third-order valence-corrected chi connectivity index (χ3v) is 5.06. The fourth-order valence-electron chi connectivity index (χ4n) is 2.65. The van der Waals surface area contributed by atoms with Crippen molar-refractivity contribution in [1.29, 1.82) is 0 Å². The van der Waals surface area contributed by atoms with Crippen LogP contribution in [0.25, 0.3) is 0 Å². The maximum atomic E-state index is 12.6. The van der Waals surface area contributed by atoms with Gasteiger partial charge in [0.25, 0.3) is 11.8 Å². The molecule has 0 aliphatic carbocycles. The lowest BCUT2D eigenvalue weighted by atomic mass is 10.0. The van der Waals surface area contributed by atoms with Crippen LogP contribution in [0, 0.1) is 5.92 Å². The number of hydrogen-bond acceptors (Lipinski definition) is 5. The van der Waals surface area contributed by atoms with Gasteiger partial charge in [0.1, 0.15) is 6.04 Å². The summed E-state index contributed by atoms with van der Waals surface area (Å²) < 4.78 is 10.5. The summed E-state index contributed by atoms with van der Waals surface area (Å²) in [6.45, 7) is 3.76. The lowest BCUT2D eigenvalue weighted by Gasteiger charge is -2.20. The van der Waals surface area contributed by atoms with Crippen LogP contribution in [0.5, 0.6) is 11.5 Å². The van der Waals surface area contributed by atoms with E-state index in [9.17, 15) is 9.59 Å². The zero-order valence-corrected chi connectivity index (χ0v) is 17.3. The monoisotopic (exact) mass is 435 g/mol. The number of rotatable bonds is 6. The van der Waals surface area contributed by atoms with Gasteiger partial charge >= 0.3 is 0 Å². The van der Waals surface area contributed by atoms with Gasteiger partial charge < -0.3 is 14.8 Å². The number of amides is 2. The van der Waals surface area contributed by atoms with Crippen LogP contribution in [-0.4, -0.2) is 30.9 Å². The predicted octanol–water partition coefficient (Wildman–Crippen LogP) is 3.63. The van der Waals surface area contributed by atoms with E-state index in [2.05, 4.69) is 15.8 Å². The Labute approximate surface area is 178 Å². The second kappa shape index (κ2) is 9.15. The van der Waals surface area contributed by atoms with Crippen LogP contribution in [0.3, 0.4) is 0 Å². The molecule has 0 fully saturated rings. The van der Waals surface area contributed by atoms with Gasteiger partial charge in [-0.15, -0.1) is 0 Å². The molecule has 2 aromatic rings. The normalized spacial score (nSPS) is 13.6. The molecular formula is C20H19Cl2N3O4. The van der Waals surface area contributed by atoms with Gasteiger partial charge in [0.15, 0.2) is 11.5 Å². The highest BCUT2D eigenvalue weighted by Gasteiger charge is 2.25. The van der Waals surface area contributed by atoms with Crippen LogP contribution in [-0.2, 0) is 4.79 Å². The van der Waals surface area contributed by atoms with Gasteiger partial charge in [-0.3, -0.25) is 9.59 Å². The minimum atomic E-state index is -0.792. The van der Waals surface area contributed by atoms with Crippen LogP contribution >= 0.6 is 23.2 Å². The van der Waals surface area contributed by atoms with E-state index in [-0.39, 0.29) is 12.7 Å². The number of nitrogens with zero attached hydrogens (tertiary/aromatic N) is 1. The standard InChI is InChI=1S/C20H19Cl2N3O4/c1-11(2)18(20(27)25-23-9-13-4-3-5-14(21)17(13)22)24-19(26)12-6-7-15-16(8-12)29-10-28-15/h3-9,11,18H,10H2,1-2H3,(H,24,26)(H,25,27)/b23-9+. The van der Waals surface area contributed by atoms with Gasteiger partial charge in [0.05, 0.1) is 16.3 Å². The van der Waals surface area contributed by atoms with Crippen molar-refractivity contribution >= 4 is 41.2 Å². The van der Waals surface area contributed by atoms with Crippen molar-refractivity contribution in [3.05, 3.63) is 57.6 Å². The molecule has 0 bridgehead atoms. The summed E-state index contributed by atoms with van der Waals surface area (Å²) in [4.78, 5) is 25.1. The Morgan fingerprint density at radius 2 is 1.90 bits per heavy atom. The summed E-state index contributed by atoms with van der Waals surface area (Å²) in [5.41, 5.74) is 3.35. The molecule has 0 aromatic heterocycles. The topological polar surface area (TPSA) is 89.0 Å². The molecule has 1 atom stereocenters. The van der Waals surface area contributed by atoms with Crippen LogP contribution in [0.1, 0.15) is 29.8 Å². The van der Waals surface area contributed by atoms with Gasteiger partial charge in [-0.1, -0.05) is 49.2 Å². The molecule has 2 aromatic carbocycles. The molecule has 2 amide bonds. The van der Waals surface area contributed by atoms with Gasteiger partial charge in [-0.05, 0) is 30.2 Å². The summed E-state index contributed by atoms with van der Waals surface area (Å²) in [5, 5.41) is 7.37. The summed E-state index contributed by atoms with van der Waals surface area (Å²) in [6.07, 6.45) is 1.39. The molecule has 152 valence electrons. The lowest BCUT2D eigenvalue weighted by molar-refractivity contribution is -0.123. The smallest absolute Gasteiger partial charge is 0.262 e. The number of nitrogens with one attached hydrogen (secondary N) is 2. The van der Waals surface area contributed by atoms with E-state index < -0.39 is 17.9 Å². The second-order valence-electron chi connectivity index (χ2n) is 6.64. The maximum absolute atomic E-state index is 12.6. The SMILES string of the molecule is CC(C)C(NC(=O)c1ccc2c(c1)OCO2)C(=O)N/N=C/c1cccc(Cl)c1Cl. The molecular weight excluding hydrogens is 417 g/mol. The highest BCUT2D eigenvalue weighted by molar-refractivity contribution is 6.43. The number of halogens is 2. The minimum Gasteiger partial charge on any atom is -0.454 e. The van der Waals surface area contributed by atoms with E-state index in [4.69, 9.17) is 32.7 Å². The Hall–Kier alpha value is -2.77. The summed E-state index contributed by atoms with van der Waals surface area (Å²) >= 11 is 12.0. The molecule has 1 unspecified atom stereocenters. The molecule has 7 nitrogen and oxygen atoms in total. The molecule has 0 radical (unpaired) electrons. The summed E-state index contributed by atoms with van der Waals surface area (Å²) in [6, 6.07) is 9.13. The molecule has 1 heterocycles. The van der Waals surface area contributed by atoms with Crippen molar-refractivity contribution in [2.45, 2.75) is 19.9 Å². The van der Waals surface area contributed by atoms with E-state index in [0.717, 1.165) is 0 Å². The maximum Gasteiger partial charge on any atom is 0.262 e. The highest BCUT2D eigenvalue weighted by Crippen LogP contribution is 2.32. The number of ether oxygens (including phenoxy) is 2. The zero-order valence-electron chi connectivity index (χ0n) is 15.7.